The summed E-state index contributed by atoms with van der Waals surface area (Å²) in [4.78, 5) is 14.6. The maximum absolute atomic E-state index is 10.9. The van der Waals surface area contributed by atoms with Gasteiger partial charge in [-0.25, -0.2) is 4.98 Å². The van der Waals surface area contributed by atoms with Gasteiger partial charge in [0.05, 0.1) is 12.9 Å². The molecule has 0 fully saturated rings. The van der Waals surface area contributed by atoms with Crippen LogP contribution >= 0.6 is 0 Å². The summed E-state index contributed by atoms with van der Waals surface area (Å²) in [6.45, 7) is 0.451. The number of amides is 1. The van der Waals surface area contributed by atoms with Crippen LogP contribution in [0.3, 0.4) is 0 Å². The van der Waals surface area contributed by atoms with Crippen molar-refractivity contribution < 1.29 is 9.90 Å². The summed E-state index contributed by atoms with van der Waals surface area (Å²) in [5.74, 6) is -0.930. The van der Waals surface area contributed by atoms with Gasteiger partial charge >= 0.3 is 0 Å². The monoisotopic (exact) mass is 217 g/mol. The number of benzene rings is 1. The summed E-state index contributed by atoms with van der Waals surface area (Å²) in [6, 6.07) is 9.55. The van der Waals surface area contributed by atoms with Crippen LogP contribution < -0.4 is 5.73 Å². The molecule has 0 aliphatic rings. The zero-order valence-corrected chi connectivity index (χ0v) is 8.50. The second kappa shape index (κ2) is 4.06. The van der Waals surface area contributed by atoms with Gasteiger partial charge in [0.2, 0.25) is 5.88 Å². The third-order valence-corrected chi connectivity index (χ3v) is 2.24. The van der Waals surface area contributed by atoms with E-state index in [1.807, 2.05) is 30.3 Å². The zero-order chi connectivity index (χ0) is 11.5. The Hall–Kier alpha value is -2.30. The number of carbonyl (C=O) groups is 1. The molecule has 0 spiro atoms. The average molecular weight is 217 g/mol. The highest BCUT2D eigenvalue weighted by Crippen LogP contribution is 2.16. The van der Waals surface area contributed by atoms with E-state index in [2.05, 4.69) is 4.98 Å². The lowest BCUT2D eigenvalue weighted by Gasteiger charge is -2.03. The third-order valence-electron chi connectivity index (χ3n) is 2.24. The van der Waals surface area contributed by atoms with Gasteiger partial charge in [0.1, 0.15) is 0 Å². The Morgan fingerprint density at radius 1 is 1.38 bits per heavy atom. The van der Waals surface area contributed by atoms with Gasteiger partial charge in [0, 0.05) is 0 Å². The normalized spacial score (nSPS) is 10.2. The Morgan fingerprint density at radius 3 is 2.62 bits per heavy atom. The number of nitrogens with two attached hydrogens (primary N) is 1. The number of hydrogen-bond acceptors (Lipinski definition) is 3. The Balaban J connectivity index is 2.26. The van der Waals surface area contributed by atoms with Gasteiger partial charge in [-0.2, -0.15) is 0 Å². The molecule has 0 unspecified atom stereocenters. The molecule has 0 atom stereocenters. The van der Waals surface area contributed by atoms with Crippen molar-refractivity contribution in [3.63, 3.8) is 0 Å². The minimum absolute atomic E-state index is 0.101. The van der Waals surface area contributed by atoms with Crippen LogP contribution in [0.4, 0.5) is 0 Å². The summed E-state index contributed by atoms with van der Waals surface area (Å²) in [5.41, 5.74) is 5.95. The van der Waals surface area contributed by atoms with Crippen LogP contribution in [-0.2, 0) is 6.54 Å². The first kappa shape index (κ1) is 10.2. The third kappa shape index (κ3) is 1.88. The van der Waals surface area contributed by atoms with E-state index in [1.54, 1.807) is 0 Å². The zero-order valence-electron chi connectivity index (χ0n) is 8.50. The molecular formula is C11H11N3O2. The van der Waals surface area contributed by atoms with Crippen molar-refractivity contribution in [3.8, 4) is 5.88 Å². The molecule has 0 radical (unpaired) electrons. The lowest BCUT2D eigenvalue weighted by atomic mass is 10.2. The number of rotatable bonds is 3. The van der Waals surface area contributed by atoms with Gasteiger partial charge in [-0.3, -0.25) is 9.36 Å². The van der Waals surface area contributed by atoms with Crippen molar-refractivity contribution in [2.24, 2.45) is 5.73 Å². The fourth-order valence-corrected chi connectivity index (χ4v) is 1.45. The van der Waals surface area contributed by atoms with Crippen LogP contribution in [0.5, 0.6) is 5.88 Å². The molecule has 1 aromatic heterocycles. The quantitative estimate of drug-likeness (QED) is 0.795. The fraction of sp³-hybridized carbons (Fsp3) is 0.0909. The molecular weight excluding hydrogens is 206 g/mol. The molecule has 16 heavy (non-hydrogen) atoms. The van der Waals surface area contributed by atoms with Gasteiger partial charge in [0.15, 0.2) is 5.69 Å². The second-order valence-electron chi connectivity index (χ2n) is 3.39. The first-order valence-corrected chi connectivity index (χ1v) is 4.76. The molecule has 82 valence electrons. The van der Waals surface area contributed by atoms with E-state index in [1.165, 1.54) is 10.9 Å². The summed E-state index contributed by atoms with van der Waals surface area (Å²) < 4.78 is 1.47. The highest BCUT2D eigenvalue weighted by atomic mass is 16.3. The van der Waals surface area contributed by atoms with E-state index in [0.717, 1.165) is 5.56 Å². The van der Waals surface area contributed by atoms with E-state index in [-0.39, 0.29) is 11.6 Å². The second-order valence-corrected chi connectivity index (χ2v) is 3.39. The van der Waals surface area contributed by atoms with Gasteiger partial charge in [-0.05, 0) is 5.56 Å². The first-order chi connectivity index (χ1) is 7.68. The number of nitrogens with zero attached hydrogens (tertiary/aromatic N) is 2. The largest absolute Gasteiger partial charge is 0.493 e. The van der Waals surface area contributed by atoms with E-state index < -0.39 is 5.91 Å². The molecule has 0 aliphatic heterocycles. The Labute approximate surface area is 92.2 Å². The van der Waals surface area contributed by atoms with Crippen LogP contribution in [0.1, 0.15) is 16.1 Å². The summed E-state index contributed by atoms with van der Waals surface area (Å²) in [6.07, 6.45) is 1.39. The summed E-state index contributed by atoms with van der Waals surface area (Å²) in [5, 5.41) is 9.66. The van der Waals surface area contributed by atoms with Crippen LogP contribution in [0.25, 0.3) is 0 Å². The molecule has 1 aromatic carbocycles. The van der Waals surface area contributed by atoms with Crippen LogP contribution in [-0.4, -0.2) is 20.6 Å². The molecule has 2 aromatic rings. The number of imidazole rings is 1. The van der Waals surface area contributed by atoms with Crippen molar-refractivity contribution in [1.82, 2.24) is 9.55 Å². The van der Waals surface area contributed by atoms with Crippen LogP contribution in [0.15, 0.2) is 36.7 Å². The van der Waals surface area contributed by atoms with Gasteiger partial charge in [-0.1, -0.05) is 30.3 Å². The van der Waals surface area contributed by atoms with Crippen LogP contribution in [0, 0.1) is 0 Å². The maximum Gasteiger partial charge on any atom is 0.272 e. The minimum Gasteiger partial charge on any atom is -0.493 e. The van der Waals surface area contributed by atoms with E-state index in [0.29, 0.717) is 6.54 Å². The Bertz CT molecular complexity index is 505. The topological polar surface area (TPSA) is 81.1 Å². The average Bonchev–Trinajstić information content (AvgIpc) is 2.62. The number of hydrogen-bond donors (Lipinski definition) is 2. The molecule has 1 heterocycles. The number of aromatic hydroxyl groups is 1. The summed E-state index contributed by atoms with van der Waals surface area (Å²) in [7, 11) is 0. The molecule has 0 saturated heterocycles. The smallest absolute Gasteiger partial charge is 0.272 e. The predicted molar refractivity (Wildman–Crippen MR) is 58.0 cm³/mol. The van der Waals surface area contributed by atoms with Crippen molar-refractivity contribution in [1.29, 1.82) is 0 Å². The number of aromatic nitrogens is 2. The molecule has 2 rings (SSSR count). The van der Waals surface area contributed by atoms with Crippen molar-refractivity contribution in [2.45, 2.75) is 6.54 Å². The lowest BCUT2D eigenvalue weighted by molar-refractivity contribution is 0.0993. The minimum atomic E-state index is -0.732. The molecule has 5 nitrogen and oxygen atoms in total. The molecule has 0 bridgehead atoms. The van der Waals surface area contributed by atoms with Crippen molar-refractivity contribution in [2.75, 3.05) is 0 Å². The SMILES string of the molecule is NC(=O)c1ncn(Cc2ccccc2)c1O. The molecule has 0 aliphatic carbocycles. The molecule has 5 heteroatoms. The number of carbonyl (C=O) groups excluding carboxylic acids is 1. The van der Waals surface area contributed by atoms with Crippen molar-refractivity contribution >= 4 is 5.91 Å². The Kier molecular flexibility index (Phi) is 2.59. The maximum atomic E-state index is 10.9. The van der Waals surface area contributed by atoms with E-state index in [9.17, 15) is 9.90 Å². The molecule has 0 saturated carbocycles. The molecule has 1 amide bonds. The van der Waals surface area contributed by atoms with E-state index >= 15 is 0 Å². The highest BCUT2D eigenvalue weighted by Gasteiger charge is 2.14. The number of primary amides is 1. The van der Waals surface area contributed by atoms with Gasteiger partial charge in [-0.15, -0.1) is 0 Å². The fourth-order valence-electron chi connectivity index (χ4n) is 1.45. The molecule has 3 N–H and O–H groups in total. The van der Waals surface area contributed by atoms with Crippen molar-refractivity contribution in [3.05, 3.63) is 47.9 Å². The standard InChI is InChI=1S/C11H11N3O2/c12-10(15)9-11(16)14(7-13-9)6-8-4-2-1-3-5-8/h1-5,7,16H,6H2,(H2,12,15). The highest BCUT2D eigenvalue weighted by molar-refractivity contribution is 5.92. The van der Waals surface area contributed by atoms with Crippen LogP contribution in [0.2, 0.25) is 0 Å². The van der Waals surface area contributed by atoms with E-state index in [4.69, 9.17) is 5.73 Å². The van der Waals surface area contributed by atoms with Gasteiger partial charge < -0.3 is 10.8 Å². The van der Waals surface area contributed by atoms with Gasteiger partial charge in [0.25, 0.3) is 5.91 Å². The predicted octanol–water partition coefficient (Wildman–Crippen LogP) is 0.736. The summed E-state index contributed by atoms with van der Waals surface area (Å²) >= 11 is 0. The first-order valence-electron chi connectivity index (χ1n) is 4.76. The Morgan fingerprint density at radius 2 is 2.06 bits per heavy atom. The lowest BCUT2D eigenvalue weighted by Crippen LogP contribution is -2.11.